The second kappa shape index (κ2) is 2.19. The Morgan fingerprint density at radius 1 is 1.30 bits per heavy atom. The molecule has 0 saturated carbocycles. The summed E-state index contributed by atoms with van der Waals surface area (Å²) in [7, 11) is 0. The molecule has 3 nitrogen and oxygen atoms in total. The van der Waals surface area contributed by atoms with Gasteiger partial charge < -0.3 is 10.2 Å². The van der Waals surface area contributed by atoms with Gasteiger partial charge in [-0.2, -0.15) is 0 Å². The smallest absolute Gasteiger partial charge is 0.0966 e. The number of rotatable bonds is 0. The molecule has 2 rings (SSSR count). The van der Waals surface area contributed by atoms with Crippen molar-refractivity contribution in [1.29, 1.82) is 0 Å². The van der Waals surface area contributed by atoms with Crippen molar-refractivity contribution in [2.45, 2.75) is 31.1 Å². The van der Waals surface area contributed by atoms with Crippen LogP contribution in [0.5, 0.6) is 0 Å². The molecule has 0 unspecified atom stereocenters. The normalized spacial score (nSPS) is 48.0. The van der Waals surface area contributed by atoms with E-state index in [1.165, 1.54) is 6.42 Å². The fraction of sp³-hybridized carbons (Fsp3) is 1.00. The lowest BCUT2D eigenvalue weighted by molar-refractivity contribution is 0.0394. The van der Waals surface area contributed by atoms with Crippen LogP contribution in [0.3, 0.4) is 0 Å². The Bertz CT molecular complexity index is 138. The molecule has 3 heteroatoms. The zero-order chi connectivity index (χ0) is 7.14. The minimum Gasteiger partial charge on any atom is -0.389 e. The molecule has 3 atom stereocenters. The monoisotopic (exact) mass is 143 g/mol. The van der Waals surface area contributed by atoms with Gasteiger partial charge in [0, 0.05) is 12.6 Å². The van der Waals surface area contributed by atoms with Crippen LogP contribution in [-0.2, 0) is 0 Å². The van der Waals surface area contributed by atoms with Crippen molar-refractivity contribution < 1.29 is 10.2 Å². The van der Waals surface area contributed by atoms with Crippen molar-refractivity contribution in [3.05, 3.63) is 0 Å². The van der Waals surface area contributed by atoms with Gasteiger partial charge in [0.15, 0.2) is 0 Å². The zero-order valence-corrected chi connectivity index (χ0v) is 5.90. The molecule has 2 aliphatic rings. The maximum absolute atomic E-state index is 9.38. The van der Waals surface area contributed by atoms with E-state index in [-0.39, 0.29) is 6.04 Å². The first-order valence-electron chi connectivity index (χ1n) is 3.89. The predicted octanol–water partition coefficient (Wildman–Crippen LogP) is -0.814. The highest BCUT2D eigenvalue weighted by molar-refractivity contribution is 4.96. The number of aliphatic hydroxyl groups is 2. The van der Waals surface area contributed by atoms with E-state index in [1.54, 1.807) is 0 Å². The molecule has 0 aliphatic carbocycles. The van der Waals surface area contributed by atoms with Gasteiger partial charge in [-0.1, -0.05) is 0 Å². The summed E-state index contributed by atoms with van der Waals surface area (Å²) in [5.41, 5.74) is 0. The summed E-state index contributed by atoms with van der Waals surface area (Å²) in [6, 6.07) is 0.259. The van der Waals surface area contributed by atoms with Gasteiger partial charge in [-0.15, -0.1) is 0 Å². The van der Waals surface area contributed by atoms with E-state index in [0.717, 1.165) is 13.0 Å². The lowest BCUT2D eigenvalue weighted by Crippen LogP contribution is -2.30. The van der Waals surface area contributed by atoms with Gasteiger partial charge in [-0.25, -0.2) is 0 Å². The lowest BCUT2D eigenvalue weighted by atomic mass is 10.1. The quantitative estimate of drug-likeness (QED) is 0.466. The van der Waals surface area contributed by atoms with Crippen LogP contribution in [0.15, 0.2) is 0 Å². The van der Waals surface area contributed by atoms with Crippen LogP contribution in [0.25, 0.3) is 0 Å². The third-order valence-corrected chi connectivity index (χ3v) is 2.62. The van der Waals surface area contributed by atoms with E-state index in [4.69, 9.17) is 0 Å². The van der Waals surface area contributed by atoms with Crippen molar-refractivity contribution in [1.82, 2.24) is 4.90 Å². The molecule has 2 saturated heterocycles. The molecule has 2 heterocycles. The molecule has 58 valence electrons. The summed E-state index contributed by atoms with van der Waals surface area (Å²) < 4.78 is 0. The van der Waals surface area contributed by atoms with Gasteiger partial charge in [0.1, 0.15) is 0 Å². The second-order valence-corrected chi connectivity index (χ2v) is 3.26. The SMILES string of the molecule is O[C@H]1[C@@H](O)CN2CCC[C@@H]12. The summed E-state index contributed by atoms with van der Waals surface area (Å²) >= 11 is 0. The average molecular weight is 143 g/mol. The summed E-state index contributed by atoms with van der Waals surface area (Å²) in [6.45, 7) is 1.73. The van der Waals surface area contributed by atoms with Crippen molar-refractivity contribution in [2.75, 3.05) is 13.1 Å². The van der Waals surface area contributed by atoms with E-state index in [1.807, 2.05) is 0 Å². The molecule has 0 amide bonds. The number of aliphatic hydroxyl groups excluding tert-OH is 2. The van der Waals surface area contributed by atoms with Crippen molar-refractivity contribution >= 4 is 0 Å². The van der Waals surface area contributed by atoms with Crippen LogP contribution in [0.2, 0.25) is 0 Å². The topological polar surface area (TPSA) is 43.7 Å². The molecule has 0 bridgehead atoms. The Balaban J connectivity index is 2.09. The third-order valence-electron chi connectivity index (χ3n) is 2.62. The Kier molecular flexibility index (Phi) is 1.44. The van der Waals surface area contributed by atoms with Crippen molar-refractivity contribution in [2.24, 2.45) is 0 Å². The van der Waals surface area contributed by atoms with Crippen molar-refractivity contribution in [3.63, 3.8) is 0 Å². The minimum absolute atomic E-state index is 0.259. The Labute approximate surface area is 60.3 Å². The van der Waals surface area contributed by atoms with Gasteiger partial charge in [-0.05, 0) is 19.4 Å². The Hall–Kier alpha value is -0.120. The van der Waals surface area contributed by atoms with Crippen LogP contribution in [0.1, 0.15) is 12.8 Å². The Morgan fingerprint density at radius 2 is 2.10 bits per heavy atom. The Morgan fingerprint density at radius 3 is 2.80 bits per heavy atom. The number of hydrogen-bond acceptors (Lipinski definition) is 3. The second-order valence-electron chi connectivity index (χ2n) is 3.26. The number of hydrogen-bond donors (Lipinski definition) is 2. The highest BCUT2D eigenvalue weighted by Gasteiger charge is 2.41. The van der Waals surface area contributed by atoms with Crippen LogP contribution in [0, 0.1) is 0 Å². The molecule has 10 heavy (non-hydrogen) atoms. The lowest BCUT2D eigenvalue weighted by Gasteiger charge is -2.14. The maximum Gasteiger partial charge on any atom is 0.0966 e. The fourth-order valence-corrected chi connectivity index (χ4v) is 2.07. The highest BCUT2D eigenvalue weighted by Crippen LogP contribution is 2.27. The molecular formula is C7H13NO2. The largest absolute Gasteiger partial charge is 0.389 e. The van der Waals surface area contributed by atoms with Crippen LogP contribution in [-0.4, -0.2) is 46.5 Å². The van der Waals surface area contributed by atoms with E-state index in [9.17, 15) is 10.2 Å². The molecular weight excluding hydrogens is 130 g/mol. The summed E-state index contributed by atoms with van der Waals surface area (Å²) in [5, 5.41) is 18.6. The fourth-order valence-electron chi connectivity index (χ4n) is 2.07. The minimum atomic E-state index is -0.495. The standard InChI is InChI=1S/C7H13NO2/c9-6-4-8-3-1-2-5(8)7(6)10/h5-7,9-10H,1-4H2/t5-,6-,7+/m0/s1. The highest BCUT2D eigenvalue weighted by atomic mass is 16.3. The summed E-state index contributed by atoms with van der Waals surface area (Å²) in [5.74, 6) is 0. The summed E-state index contributed by atoms with van der Waals surface area (Å²) in [4.78, 5) is 2.18. The molecule has 0 spiro atoms. The number of nitrogens with zero attached hydrogens (tertiary/aromatic N) is 1. The molecule has 0 aromatic heterocycles. The average Bonchev–Trinajstić information content (AvgIpc) is 2.41. The van der Waals surface area contributed by atoms with Gasteiger partial charge >= 0.3 is 0 Å². The predicted molar refractivity (Wildman–Crippen MR) is 36.6 cm³/mol. The molecule has 0 aromatic carbocycles. The molecule has 2 fully saturated rings. The van der Waals surface area contributed by atoms with E-state index >= 15 is 0 Å². The zero-order valence-electron chi connectivity index (χ0n) is 5.90. The van der Waals surface area contributed by atoms with E-state index in [2.05, 4.69) is 4.90 Å². The molecule has 2 aliphatic heterocycles. The first-order chi connectivity index (χ1) is 4.79. The van der Waals surface area contributed by atoms with Crippen molar-refractivity contribution in [3.8, 4) is 0 Å². The van der Waals surface area contributed by atoms with Crippen LogP contribution < -0.4 is 0 Å². The molecule has 0 aromatic rings. The van der Waals surface area contributed by atoms with Gasteiger partial charge in [0.2, 0.25) is 0 Å². The van der Waals surface area contributed by atoms with E-state index < -0.39 is 12.2 Å². The van der Waals surface area contributed by atoms with Gasteiger partial charge in [0.05, 0.1) is 12.2 Å². The van der Waals surface area contributed by atoms with Gasteiger partial charge in [-0.3, -0.25) is 4.90 Å². The summed E-state index contributed by atoms with van der Waals surface area (Å²) in [6.07, 6.45) is 1.25. The van der Waals surface area contributed by atoms with Gasteiger partial charge in [0.25, 0.3) is 0 Å². The van der Waals surface area contributed by atoms with E-state index in [0.29, 0.717) is 6.54 Å². The van der Waals surface area contributed by atoms with Crippen LogP contribution >= 0.6 is 0 Å². The third kappa shape index (κ3) is 0.779. The molecule has 2 N–H and O–H groups in total. The molecule has 0 radical (unpaired) electrons. The first kappa shape index (κ1) is 6.58. The first-order valence-corrected chi connectivity index (χ1v) is 3.89. The maximum atomic E-state index is 9.38. The van der Waals surface area contributed by atoms with Crippen LogP contribution in [0.4, 0.5) is 0 Å². The number of fused-ring (bicyclic) bond motifs is 1.